The van der Waals surface area contributed by atoms with Gasteiger partial charge in [-0.2, -0.15) is 0 Å². The Kier molecular flexibility index (Phi) is 4.85. The highest BCUT2D eigenvalue weighted by Gasteiger charge is 2.41. The summed E-state index contributed by atoms with van der Waals surface area (Å²) in [5.41, 5.74) is -0.437. The predicted molar refractivity (Wildman–Crippen MR) is 86.2 cm³/mol. The number of rotatable bonds is 3. The van der Waals surface area contributed by atoms with Crippen LogP contribution in [-0.2, 0) is 14.2 Å². The second-order valence-electron chi connectivity index (χ2n) is 8.06. The maximum atomic E-state index is 11.7. The Morgan fingerprint density at radius 2 is 1.65 bits per heavy atom. The van der Waals surface area contributed by atoms with E-state index in [0.717, 1.165) is 51.7 Å². The molecule has 1 saturated heterocycles. The van der Waals surface area contributed by atoms with Crippen LogP contribution in [0.5, 0.6) is 0 Å². The predicted octanol–water partition coefficient (Wildman–Crippen LogP) is 2.32. The summed E-state index contributed by atoms with van der Waals surface area (Å²) in [6.45, 7) is 7.11. The summed E-state index contributed by atoms with van der Waals surface area (Å²) in [7, 11) is 0. The summed E-state index contributed by atoms with van der Waals surface area (Å²) in [6, 6.07) is 1.28. The Hall–Kier alpha value is -0.850. The van der Waals surface area contributed by atoms with Crippen LogP contribution in [0.15, 0.2) is 0 Å². The fourth-order valence-corrected chi connectivity index (χ4v) is 3.69. The maximum absolute atomic E-state index is 11.7. The van der Waals surface area contributed by atoms with E-state index in [1.54, 1.807) is 0 Å². The molecule has 3 aliphatic rings. The van der Waals surface area contributed by atoms with Gasteiger partial charge >= 0.3 is 6.09 Å². The summed E-state index contributed by atoms with van der Waals surface area (Å²) in [4.78, 5) is 11.7. The van der Waals surface area contributed by atoms with Crippen LogP contribution in [0.25, 0.3) is 0 Å². The van der Waals surface area contributed by atoms with E-state index in [9.17, 15) is 4.79 Å². The molecule has 1 spiro atoms. The molecule has 0 aromatic rings. The number of carbonyl (C=O) groups excluding carboxylic acids is 1. The third kappa shape index (κ3) is 4.58. The van der Waals surface area contributed by atoms with Crippen LogP contribution in [0.2, 0.25) is 0 Å². The van der Waals surface area contributed by atoms with Gasteiger partial charge in [0.25, 0.3) is 0 Å². The van der Waals surface area contributed by atoms with Crippen molar-refractivity contribution in [3.05, 3.63) is 0 Å². The Morgan fingerprint density at radius 1 is 1.04 bits per heavy atom. The third-order valence-corrected chi connectivity index (χ3v) is 4.89. The van der Waals surface area contributed by atoms with Crippen LogP contribution >= 0.6 is 0 Å². The molecular formula is C17H30N2O4. The van der Waals surface area contributed by atoms with Gasteiger partial charge in [-0.15, -0.1) is 0 Å². The average Bonchev–Trinajstić information content (AvgIpc) is 2.85. The molecule has 2 N–H and O–H groups in total. The van der Waals surface area contributed by atoms with E-state index >= 15 is 0 Å². The average molecular weight is 326 g/mol. The second kappa shape index (κ2) is 6.57. The maximum Gasteiger partial charge on any atom is 0.407 e. The molecule has 0 aromatic carbocycles. The van der Waals surface area contributed by atoms with Crippen molar-refractivity contribution in [2.75, 3.05) is 13.2 Å². The van der Waals surface area contributed by atoms with Crippen LogP contribution in [0.4, 0.5) is 4.79 Å². The minimum absolute atomic E-state index is 0.235. The second-order valence-corrected chi connectivity index (χ2v) is 8.06. The lowest BCUT2D eigenvalue weighted by molar-refractivity contribution is -0.180. The van der Waals surface area contributed by atoms with Gasteiger partial charge in [-0.3, -0.25) is 0 Å². The van der Waals surface area contributed by atoms with E-state index in [-0.39, 0.29) is 17.9 Å². The van der Waals surface area contributed by atoms with E-state index in [0.29, 0.717) is 12.1 Å². The monoisotopic (exact) mass is 326 g/mol. The van der Waals surface area contributed by atoms with Crippen LogP contribution in [0, 0.1) is 0 Å². The van der Waals surface area contributed by atoms with Crippen molar-refractivity contribution < 1.29 is 19.0 Å². The van der Waals surface area contributed by atoms with Crippen LogP contribution < -0.4 is 10.6 Å². The Balaban J connectivity index is 1.31. The molecule has 2 aliphatic carbocycles. The summed E-state index contributed by atoms with van der Waals surface area (Å²) in [5.74, 6) is -0.279. The quantitative estimate of drug-likeness (QED) is 0.833. The minimum atomic E-state index is -0.437. The normalized spacial score (nSPS) is 30.9. The summed E-state index contributed by atoms with van der Waals surface area (Å²) in [5, 5.41) is 6.65. The largest absolute Gasteiger partial charge is 0.444 e. The first kappa shape index (κ1) is 17.0. The zero-order chi connectivity index (χ0) is 16.5. The molecule has 0 radical (unpaired) electrons. The minimum Gasteiger partial charge on any atom is -0.444 e. The molecule has 3 rings (SSSR count). The standard InChI is InChI=1S/C17H30N2O4/c1-16(2,3)23-15(20)19-14-10-13(11-14)18-12-4-6-17(7-5-12)21-8-9-22-17/h12-14,18H,4-11H2,1-3H3,(H,19,20). The van der Waals surface area contributed by atoms with E-state index in [1.807, 2.05) is 20.8 Å². The van der Waals surface area contributed by atoms with Gasteiger partial charge in [-0.05, 0) is 46.5 Å². The molecule has 0 unspecified atom stereocenters. The van der Waals surface area contributed by atoms with Gasteiger partial charge in [-0.1, -0.05) is 0 Å². The van der Waals surface area contributed by atoms with Crippen molar-refractivity contribution in [2.24, 2.45) is 0 Å². The van der Waals surface area contributed by atoms with Gasteiger partial charge in [0.05, 0.1) is 13.2 Å². The first-order valence-electron chi connectivity index (χ1n) is 8.87. The van der Waals surface area contributed by atoms with Gasteiger partial charge in [-0.25, -0.2) is 4.79 Å². The molecule has 23 heavy (non-hydrogen) atoms. The third-order valence-electron chi connectivity index (χ3n) is 4.89. The number of amides is 1. The van der Waals surface area contributed by atoms with Crippen LogP contribution in [0.1, 0.15) is 59.3 Å². The van der Waals surface area contributed by atoms with Crippen molar-refractivity contribution in [2.45, 2.75) is 88.8 Å². The zero-order valence-electron chi connectivity index (χ0n) is 14.5. The van der Waals surface area contributed by atoms with Gasteiger partial charge in [0.15, 0.2) is 5.79 Å². The smallest absolute Gasteiger partial charge is 0.407 e. The highest BCUT2D eigenvalue weighted by Crippen LogP contribution is 2.36. The highest BCUT2D eigenvalue weighted by molar-refractivity contribution is 5.68. The van der Waals surface area contributed by atoms with Gasteiger partial charge < -0.3 is 24.8 Å². The zero-order valence-corrected chi connectivity index (χ0v) is 14.5. The van der Waals surface area contributed by atoms with E-state index in [1.165, 1.54) is 0 Å². The number of ether oxygens (including phenoxy) is 3. The van der Waals surface area contributed by atoms with E-state index < -0.39 is 5.60 Å². The van der Waals surface area contributed by atoms with Crippen LogP contribution in [0.3, 0.4) is 0 Å². The van der Waals surface area contributed by atoms with E-state index in [4.69, 9.17) is 14.2 Å². The van der Waals surface area contributed by atoms with Crippen molar-refractivity contribution >= 4 is 6.09 Å². The van der Waals surface area contributed by atoms with Gasteiger partial charge in [0, 0.05) is 31.0 Å². The molecule has 6 nitrogen and oxygen atoms in total. The fraction of sp³-hybridized carbons (Fsp3) is 0.941. The summed E-state index contributed by atoms with van der Waals surface area (Å²) < 4.78 is 16.8. The molecule has 6 heteroatoms. The van der Waals surface area contributed by atoms with Crippen molar-refractivity contribution in [3.8, 4) is 0 Å². The van der Waals surface area contributed by atoms with Gasteiger partial charge in [0.2, 0.25) is 0 Å². The first-order chi connectivity index (χ1) is 10.8. The van der Waals surface area contributed by atoms with E-state index in [2.05, 4.69) is 10.6 Å². The Morgan fingerprint density at radius 3 is 2.22 bits per heavy atom. The molecule has 0 bridgehead atoms. The molecule has 132 valence electrons. The summed E-state index contributed by atoms with van der Waals surface area (Å²) >= 11 is 0. The number of hydrogen-bond acceptors (Lipinski definition) is 5. The molecule has 1 aliphatic heterocycles. The lowest BCUT2D eigenvalue weighted by atomic mass is 9.83. The molecule has 1 heterocycles. The van der Waals surface area contributed by atoms with Crippen molar-refractivity contribution in [3.63, 3.8) is 0 Å². The summed E-state index contributed by atoms with van der Waals surface area (Å²) in [6.07, 6.45) is 5.81. The topological polar surface area (TPSA) is 68.8 Å². The lowest BCUT2D eigenvalue weighted by Crippen LogP contribution is -2.56. The number of carbonyl (C=O) groups is 1. The molecule has 0 aromatic heterocycles. The van der Waals surface area contributed by atoms with Crippen molar-refractivity contribution in [1.29, 1.82) is 0 Å². The lowest BCUT2D eigenvalue weighted by Gasteiger charge is -2.42. The Bertz CT molecular complexity index is 413. The molecule has 1 amide bonds. The SMILES string of the molecule is CC(C)(C)OC(=O)NC1CC(NC2CCC3(CC2)OCCO3)C1. The van der Waals surface area contributed by atoms with Gasteiger partial charge in [0.1, 0.15) is 5.60 Å². The number of hydrogen-bond donors (Lipinski definition) is 2. The first-order valence-corrected chi connectivity index (χ1v) is 8.87. The fourth-order valence-electron chi connectivity index (χ4n) is 3.69. The highest BCUT2D eigenvalue weighted by atomic mass is 16.7. The van der Waals surface area contributed by atoms with Crippen molar-refractivity contribution in [1.82, 2.24) is 10.6 Å². The number of nitrogens with one attached hydrogen (secondary N) is 2. The Labute approximate surface area is 138 Å². The molecule has 2 saturated carbocycles. The molecule has 0 atom stereocenters. The molecule has 3 fully saturated rings. The number of alkyl carbamates (subject to hydrolysis) is 1. The van der Waals surface area contributed by atoms with Crippen LogP contribution in [-0.4, -0.2) is 48.8 Å². The molecular weight excluding hydrogens is 296 g/mol.